The lowest BCUT2D eigenvalue weighted by Gasteiger charge is -2.36. The SMILES string of the molecule is Cc1ccc(S(=O)(=O)N2CCCC(C)C2C)cc1N. The molecule has 2 rings (SSSR count). The summed E-state index contributed by atoms with van der Waals surface area (Å²) in [6.45, 7) is 6.56. The normalized spacial score (nSPS) is 25.4. The first kappa shape index (κ1) is 14.3. The summed E-state index contributed by atoms with van der Waals surface area (Å²) >= 11 is 0. The summed E-state index contributed by atoms with van der Waals surface area (Å²) in [4.78, 5) is 0.302. The molecule has 0 radical (unpaired) electrons. The van der Waals surface area contributed by atoms with Crippen LogP contribution in [0.5, 0.6) is 0 Å². The van der Waals surface area contributed by atoms with E-state index in [2.05, 4.69) is 6.92 Å². The second kappa shape index (κ2) is 5.13. The third-order valence-corrected chi connectivity index (χ3v) is 6.16. The molecular weight excluding hydrogens is 260 g/mol. The zero-order chi connectivity index (χ0) is 14.2. The van der Waals surface area contributed by atoms with Gasteiger partial charge in [0.05, 0.1) is 4.90 Å². The molecule has 2 unspecified atom stereocenters. The predicted octanol–water partition coefficient (Wildman–Crippen LogP) is 2.39. The van der Waals surface area contributed by atoms with Gasteiger partial charge in [0.15, 0.2) is 0 Å². The van der Waals surface area contributed by atoms with E-state index in [1.165, 1.54) is 0 Å². The zero-order valence-electron chi connectivity index (χ0n) is 11.8. The number of sulfonamides is 1. The smallest absolute Gasteiger partial charge is 0.243 e. The number of nitrogens with two attached hydrogens (primary N) is 1. The Labute approximate surface area is 115 Å². The van der Waals surface area contributed by atoms with Crippen molar-refractivity contribution in [3.63, 3.8) is 0 Å². The second-order valence-corrected chi connectivity index (χ2v) is 7.38. The van der Waals surface area contributed by atoms with E-state index in [0.717, 1.165) is 18.4 Å². The van der Waals surface area contributed by atoms with Crippen molar-refractivity contribution in [1.82, 2.24) is 4.31 Å². The average molecular weight is 282 g/mol. The molecule has 1 aliphatic heterocycles. The fraction of sp³-hybridized carbons (Fsp3) is 0.571. The molecule has 0 spiro atoms. The molecule has 1 heterocycles. The Morgan fingerprint density at radius 1 is 1.32 bits per heavy atom. The highest BCUT2D eigenvalue weighted by atomic mass is 32.2. The van der Waals surface area contributed by atoms with Gasteiger partial charge in [0.25, 0.3) is 0 Å². The molecule has 1 fully saturated rings. The predicted molar refractivity (Wildman–Crippen MR) is 77.3 cm³/mol. The van der Waals surface area contributed by atoms with Crippen molar-refractivity contribution in [3.8, 4) is 0 Å². The van der Waals surface area contributed by atoms with Gasteiger partial charge in [-0.15, -0.1) is 0 Å². The van der Waals surface area contributed by atoms with Gasteiger partial charge in [-0.2, -0.15) is 4.31 Å². The van der Waals surface area contributed by atoms with Crippen LogP contribution >= 0.6 is 0 Å². The molecule has 1 aromatic rings. The Kier molecular flexibility index (Phi) is 3.87. The van der Waals surface area contributed by atoms with Crippen molar-refractivity contribution in [2.24, 2.45) is 5.92 Å². The molecule has 5 heteroatoms. The molecule has 1 saturated heterocycles. The Hall–Kier alpha value is -1.07. The molecule has 0 aromatic heterocycles. The van der Waals surface area contributed by atoms with E-state index in [-0.39, 0.29) is 6.04 Å². The van der Waals surface area contributed by atoms with E-state index >= 15 is 0 Å². The van der Waals surface area contributed by atoms with Crippen LogP contribution in [0.4, 0.5) is 5.69 Å². The first-order chi connectivity index (χ1) is 8.84. The van der Waals surface area contributed by atoms with E-state index in [1.54, 1.807) is 22.5 Å². The quantitative estimate of drug-likeness (QED) is 0.847. The highest BCUT2D eigenvalue weighted by Crippen LogP contribution is 2.29. The largest absolute Gasteiger partial charge is 0.398 e. The number of nitrogens with zero attached hydrogens (tertiary/aromatic N) is 1. The topological polar surface area (TPSA) is 63.4 Å². The van der Waals surface area contributed by atoms with Gasteiger partial charge < -0.3 is 5.73 Å². The highest BCUT2D eigenvalue weighted by Gasteiger charge is 2.34. The van der Waals surface area contributed by atoms with E-state index < -0.39 is 10.0 Å². The van der Waals surface area contributed by atoms with Crippen molar-refractivity contribution < 1.29 is 8.42 Å². The van der Waals surface area contributed by atoms with Crippen LogP contribution in [0.2, 0.25) is 0 Å². The molecule has 2 atom stereocenters. The van der Waals surface area contributed by atoms with Crippen molar-refractivity contribution in [2.45, 2.75) is 44.6 Å². The van der Waals surface area contributed by atoms with Crippen LogP contribution in [-0.2, 0) is 10.0 Å². The maximum Gasteiger partial charge on any atom is 0.243 e. The van der Waals surface area contributed by atoms with Crippen molar-refractivity contribution >= 4 is 15.7 Å². The molecule has 1 aliphatic rings. The zero-order valence-corrected chi connectivity index (χ0v) is 12.6. The van der Waals surface area contributed by atoms with Crippen LogP contribution in [0.25, 0.3) is 0 Å². The number of hydrogen-bond acceptors (Lipinski definition) is 3. The summed E-state index contributed by atoms with van der Waals surface area (Å²) in [5.74, 6) is 0.395. The van der Waals surface area contributed by atoms with Crippen LogP contribution in [0.1, 0.15) is 32.3 Å². The van der Waals surface area contributed by atoms with Crippen molar-refractivity contribution in [3.05, 3.63) is 23.8 Å². The summed E-state index contributed by atoms with van der Waals surface area (Å²) in [5, 5.41) is 0. The van der Waals surface area contributed by atoms with Gasteiger partial charge in [-0.3, -0.25) is 0 Å². The first-order valence-corrected chi connectivity index (χ1v) is 8.16. The van der Waals surface area contributed by atoms with E-state index in [0.29, 0.717) is 23.0 Å². The Bertz CT molecular complexity index is 569. The van der Waals surface area contributed by atoms with Gasteiger partial charge in [0.1, 0.15) is 0 Å². The van der Waals surface area contributed by atoms with Crippen LogP contribution in [0.15, 0.2) is 23.1 Å². The highest BCUT2D eigenvalue weighted by molar-refractivity contribution is 7.89. The van der Waals surface area contributed by atoms with E-state index in [4.69, 9.17) is 5.73 Å². The van der Waals surface area contributed by atoms with Crippen LogP contribution in [-0.4, -0.2) is 25.3 Å². The summed E-state index contributed by atoms with van der Waals surface area (Å²) in [5.41, 5.74) is 7.25. The molecular formula is C14H22N2O2S. The minimum absolute atomic E-state index is 0.0428. The number of rotatable bonds is 2. The van der Waals surface area contributed by atoms with Crippen LogP contribution < -0.4 is 5.73 Å². The van der Waals surface area contributed by atoms with Gasteiger partial charge in [-0.25, -0.2) is 8.42 Å². The van der Waals surface area contributed by atoms with Crippen LogP contribution in [0.3, 0.4) is 0 Å². The van der Waals surface area contributed by atoms with E-state index in [1.807, 2.05) is 13.8 Å². The third kappa shape index (κ3) is 2.62. The Morgan fingerprint density at radius 3 is 2.63 bits per heavy atom. The number of anilines is 1. The van der Waals surface area contributed by atoms with Gasteiger partial charge in [0.2, 0.25) is 10.0 Å². The molecule has 2 N–H and O–H groups in total. The molecule has 0 bridgehead atoms. The number of hydrogen-bond donors (Lipinski definition) is 1. The lowest BCUT2D eigenvalue weighted by atomic mass is 9.94. The maximum absolute atomic E-state index is 12.7. The maximum atomic E-state index is 12.7. The Morgan fingerprint density at radius 2 is 2.00 bits per heavy atom. The summed E-state index contributed by atoms with van der Waals surface area (Å²) in [6.07, 6.45) is 2.01. The van der Waals surface area contributed by atoms with Gasteiger partial charge in [0, 0.05) is 18.3 Å². The number of benzene rings is 1. The number of aryl methyl sites for hydroxylation is 1. The molecule has 19 heavy (non-hydrogen) atoms. The molecule has 0 aliphatic carbocycles. The minimum Gasteiger partial charge on any atom is -0.398 e. The fourth-order valence-corrected chi connectivity index (χ4v) is 4.35. The average Bonchev–Trinajstić information content (AvgIpc) is 2.35. The van der Waals surface area contributed by atoms with E-state index in [9.17, 15) is 8.42 Å². The lowest BCUT2D eigenvalue weighted by Crippen LogP contribution is -2.45. The second-order valence-electron chi connectivity index (χ2n) is 5.49. The number of piperidine rings is 1. The van der Waals surface area contributed by atoms with Gasteiger partial charge in [-0.1, -0.05) is 13.0 Å². The summed E-state index contributed by atoms with van der Waals surface area (Å²) in [7, 11) is -3.43. The molecule has 4 nitrogen and oxygen atoms in total. The van der Waals surface area contributed by atoms with Gasteiger partial charge in [-0.05, 0) is 50.3 Å². The van der Waals surface area contributed by atoms with Crippen LogP contribution in [0, 0.1) is 12.8 Å². The summed E-state index contributed by atoms with van der Waals surface area (Å²) < 4.78 is 27.0. The molecule has 0 saturated carbocycles. The third-order valence-electron chi connectivity index (χ3n) is 4.17. The van der Waals surface area contributed by atoms with Crippen molar-refractivity contribution in [2.75, 3.05) is 12.3 Å². The fourth-order valence-electron chi connectivity index (χ4n) is 2.55. The first-order valence-electron chi connectivity index (χ1n) is 6.72. The Balaban J connectivity index is 2.38. The summed E-state index contributed by atoms with van der Waals surface area (Å²) in [6, 6.07) is 5.02. The van der Waals surface area contributed by atoms with Crippen molar-refractivity contribution in [1.29, 1.82) is 0 Å². The minimum atomic E-state index is -3.43. The molecule has 106 valence electrons. The lowest BCUT2D eigenvalue weighted by molar-refractivity contribution is 0.202. The standard InChI is InChI=1S/C14H22N2O2S/c1-10-5-4-8-16(12(10)3)19(17,18)13-7-6-11(2)14(15)9-13/h6-7,9-10,12H,4-5,8,15H2,1-3H3. The number of nitrogen functional groups attached to an aromatic ring is 1. The monoisotopic (exact) mass is 282 g/mol. The molecule has 0 amide bonds. The molecule has 1 aromatic carbocycles. The van der Waals surface area contributed by atoms with Gasteiger partial charge >= 0.3 is 0 Å².